The van der Waals surface area contributed by atoms with Crippen molar-refractivity contribution in [3.05, 3.63) is 0 Å². The van der Waals surface area contributed by atoms with Gasteiger partial charge in [-0.05, 0) is 50.7 Å². The largest absolute Gasteiger partial charge is 0.481 e. The van der Waals surface area contributed by atoms with E-state index in [4.69, 9.17) is 21.7 Å². The SMILES string of the molecule is CSCCC(NC(=O)C(N)CCC(=O)O)C(=O)NC(CCCCN)C(=O)NCC(=O)O. The molecule has 0 aromatic heterocycles. The van der Waals surface area contributed by atoms with Crippen molar-refractivity contribution in [2.75, 3.05) is 25.1 Å². The number of amides is 3. The second kappa shape index (κ2) is 16.3. The Hall–Kier alpha value is -2.38. The highest BCUT2D eigenvalue weighted by Crippen LogP contribution is 2.06. The first-order valence-corrected chi connectivity index (χ1v) is 11.3. The zero-order valence-electron chi connectivity index (χ0n) is 17.6. The normalized spacial score (nSPS) is 13.5. The van der Waals surface area contributed by atoms with Gasteiger partial charge in [-0.25, -0.2) is 0 Å². The summed E-state index contributed by atoms with van der Waals surface area (Å²) in [5.74, 6) is -3.71. The van der Waals surface area contributed by atoms with Crippen LogP contribution in [0.1, 0.15) is 38.5 Å². The predicted molar refractivity (Wildman–Crippen MR) is 115 cm³/mol. The maximum absolute atomic E-state index is 12.8. The van der Waals surface area contributed by atoms with Gasteiger partial charge in [-0.2, -0.15) is 11.8 Å². The molecule has 0 aromatic rings. The van der Waals surface area contributed by atoms with E-state index < -0.39 is 54.3 Å². The van der Waals surface area contributed by atoms with E-state index in [1.54, 1.807) is 0 Å². The monoisotopic (exact) mass is 463 g/mol. The summed E-state index contributed by atoms with van der Waals surface area (Å²) in [6.45, 7) is -0.189. The number of thioether (sulfide) groups is 1. The Morgan fingerprint density at radius 3 is 2.03 bits per heavy atom. The fourth-order valence-corrected chi connectivity index (χ4v) is 2.98. The van der Waals surface area contributed by atoms with E-state index in [0.717, 1.165) is 0 Å². The molecule has 0 heterocycles. The standard InChI is InChI=1S/C18H33N5O7S/c1-31-9-7-13(22-16(28)11(20)5-6-14(24)25)18(30)23-12(4-2-3-8-19)17(29)21-10-15(26)27/h11-13H,2-10,19-20H2,1H3,(H,21,29)(H,22,28)(H,23,30)(H,24,25)(H,26,27). The number of nitrogens with one attached hydrogen (secondary N) is 3. The van der Waals surface area contributed by atoms with Crippen LogP contribution in [0.3, 0.4) is 0 Å². The molecule has 9 N–H and O–H groups in total. The zero-order chi connectivity index (χ0) is 23.8. The van der Waals surface area contributed by atoms with Crippen LogP contribution < -0.4 is 27.4 Å². The van der Waals surface area contributed by atoms with Gasteiger partial charge in [0.15, 0.2) is 0 Å². The van der Waals surface area contributed by atoms with Gasteiger partial charge in [0.1, 0.15) is 18.6 Å². The van der Waals surface area contributed by atoms with Gasteiger partial charge >= 0.3 is 11.9 Å². The van der Waals surface area contributed by atoms with Gasteiger partial charge in [0.2, 0.25) is 17.7 Å². The van der Waals surface area contributed by atoms with E-state index in [1.165, 1.54) is 11.8 Å². The van der Waals surface area contributed by atoms with E-state index in [2.05, 4.69) is 16.0 Å². The first-order chi connectivity index (χ1) is 14.6. The summed E-state index contributed by atoms with van der Waals surface area (Å²) >= 11 is 1.45. The summed E-state index contributed by atoms with van der Waals surface area (Å²) in [5, 5.41) is 24.7. The molecule has 0 fully saturated rings. The second-order valence-corrected chi connectivity index (χ2v) is 7.82. The summed E-state index contributed by atoms with van der Waals surface area (Å²) in [6, 6.07) is -3.08. The van der Waals surface area contributed by atoms with Gasteiger partial charge in [0.05, 0.1) is 6.04 Å². The summed E-state index contributed by atoms with van der Waals surface area (Å²) in [6.07, 6.45) is 3.10. The van der Waals surface area contributed by atoms with Gasteiger partial charge in [-0.15, -0.1) is 0 Å². The lowest BCUT2D eigenvalue weighted by Crippen LogP contribution is -2.56. The first-order valence-electron chi connectivity index (χ1n) is 9.89. The number of unbranched alkanes of at least 4 members (excludes halogenated alkanes) is 1. The summed E-state index contributed by atoms with van der Waals surface area (Å²) in [7, 11) is 0. The van der Waals surface area contributed by atoms with Gasteiger partial charge < -0.3 is 37.6 Å². The van der Waals surface area contributed by atoms with Crippen molar-refractivity contribution in [1.29, 1.82) is 0 Å². The fraction of sp³-hybridized carbons (Fsp3) is 0.722. The topological polar surface area (TPSA) is 214 Å². The second-order valence-electron chi connectivity index (χ2n) is 6.84. The van der Waals surface area contributed by atoms with Crippen LogP contribution in [-0.2, 0) is 24.0 Å². The molecule has 0 aliphatic rings. The van der Waals surface area contributed by atoms with Crippen molar-refractivity contribution in [3.8, 4) is 0 Å². The number of carbonyl (C=O) groups excluding carboxylic acids is 3. The van der Waals surface area contributed by atoms with Gasteiger partial charge in [0.25, 0.3) is 0 Å². The highest BCUT2D eigenvalue weighted by atomic mass is 32.2. The molecule has 3 atom stereocenters. The Morgan fingerprint density at radius 1 is 0.871 bits per heavy atom. The lowest BCUT2D eigenvalue weighted by Gasteiger charge is -2.24. The number of carboxylic acids is 2. The first kappa shape index (κ1) is 28.6. The third-order valence-corrected chi connectivity index (χ3v) is 4.89. The van der Waals surface area contributed by atoms with Crippen LogP contribution in [0.4, 0.5) is 0 Å². The van der Waals surface area contributed by atoms with Crippen molar-refractivity contribution in [2.24, 2.45) is 11.5 Å². The van der Waals surface area contributed by atoms with Crippen LogP contribution >= 0.6 is 11.8 Å². The van der Waals surface area contributed by atoms with E-state index in [-0.39, 0.29) is 25.7 Å². The van der Waals surface area contributed by atoms with Crippen LogP contribution in [0.2, 0.25) is 0 Å². The molecule has 3 amide bonds. The van der Waals surface area contributed by atoms with Crippen LogP contribution in [-0.4, -0.2) is 83.1 Å². The van der Waals surface area contributed by atoms with E-state index >= 15 is 0 Å². The van der Waals surface area contributed by atoms with E-state index in [9.17, 15) is 24.0 Å². The number of nitrogens with two attached hydrogens (primary N) is 2. The Morgan fingerprint density at radius 2 is 1.48 bits per heavy atom. The molecule has 0 saturated carbocycles. The number of hydrogen-bond acceptors (Lipinski definition) is 8. The van der Waals surface area contributed by atoms with Crippen LogP contribution in [0.15, 0.2) is 0 Å². The van der Waals surface area contributed by atoms with Crippen molar-refractivity contribution >= 4 is 41.4 Å². The highest BCUT2D eigenvalue weighted by Gasteiger charge is 2.28. The van der Waals surface area contributed by atoms with Crippen LogP contribution in [0.25, 0.3) is 0 Å². The molecule has 0 radical (unpaired) electrons. The molecule has 3 unspecified atom stereocenters. The molecule has 0 rings (SSSR count). The number of rotatable bonds is 17. The third-order valence-electron chi connectivity index (χ3n) is 4.24. The van der Waals surface area contributed by atoms with Gasteiger partial charge in [-0.1, -0.05) is 0 Å². The number of aliphatic carboxylic acids is 2. The average Bonchev–Trinajstić information content (AvgIpc) is 2.71. The summed E-state index contributed by atoms with van der Waals surface area (Å²) in [5.41, 5.74) is 11.2. The van der Waals surface area contributed by atoms with Gasteiger partial charge in [0, 0.05) is 6.42 Å². The van der Waals surface area contributed by atoms with Crippen molar-refractivity contribution in [3.63, 3.8) is 0 Å². The molecule has 0 aromatic carbocycles. The Balaban J connectivity index is 5.15. The maximum atomic E-state index is 12.8. The smallest absolute Gasteiger partial charge is 0.322 e. The van der Waals surface area contributed by atoms with E-state index in [0.29, 0.717) is 25.1 Å². The lowest BCUT2D eigenvalue weighted by molar-refractivity contribution is -0.139. The van der Waals surface area contributed by atoms with Crippen molar-refractivity contribution in [1.82, 2.24) is 16.0 Å². The molecule has 12 nitrogen and oxygen atoms in total. The van der Waals surface area contributed by atoms with Crippen LogP contribution in [0.5, 0.6) is 0 Å². The molecule has 13 heteroatoms. The molecule has 0 aliphatic carbocycles. The maximum Gasteiger partial charge on any atom is 0.322 e. The number of carbonyl (C=O) groups is 5. The quantitative estimate of drug-likeness (QED) is 0.120. The molecule has 0 aliphatic heterocycles. The van der Waals surface area contributed by atoms with Crippen molar-refractivity contribution in [2.45, 2.75) is 56.7 Å². The molecule has 178 valence electrons. The lowest BCUT2D eigenvalue weighted by atomic mass is 10.1. The molecular weight excluding hydrogens is 430 g/mol. The van der Waals surface area contributed by atoms with Crippen molar-refractivity contribution < 1.29 is 34.2 Å². The Bertz CT molecular complexity index is 620. The average molecular weight is 464 g/mol. The summed E-state index contributed by atoms with van der Waals surface area (Å²) < 4.78 is 0. The Labute approximate surface area is 185 Å². The number of carboxylic acid groups (broad SMARTS) is 2. The zero-order valence-corrected chi connectivity index (χ0v) is 18.4. The molecular formula is C18H33N5O7S. The van der Waals surface area contributed by atoms with Gasteiger partial charge in [-0.3, -0.25) is 24.0 Å². The minimum atomic E-state index is -1.22. The highest BCUT2D eigenvalue weighted by molar-refractivity contribution is 7.98. The van der Waals surface area contributed by atoms with Crippen LogP contribution in [0, 0.1) is 0 Å². The van der Waals surface area contributed by atoms with E-state index in [1.807, 2.05) is 6.26 Å². The summed E-state index contributed by atoms with van der Waals surface area (Å²) in [4.78, 5) is 58.7. The Kier molecular flexibility index (Phi) is 15.1. The third kappa shape index (κ3) is 13.5. The minimum Gasteiger partial charge on any atom is -0.481 e. The molecule has 0 saturated heterocycles. The fourth-order valence-electron chi connectivity index (χ4n) is 2.51. The molecule has 31 heavy (non-hydrogen) atoms. The molecule has 0 bridgehead atoms. The number of hydrogen-bond donors (Lipinski definition) is 7. The molecule has 0 spiro atoms. The minimum absolute atomic E-state index is 0.0860. The predicted octanol–water partition coefficient (Wildman–Crippen LogP) is -1.77.